The standard InChI is InChI=1S/C29H34N8O3/c30-28-26-27(21-7-9-24(10-8-21)40-23-5-2-1-3-6-23)34-37(29(26)33-20-32-28)22-18-36(19-22)25(38)17-31-11-4-12-35-13-15-39-16-14-35/h1-3,5-10,20,22,31H,4,11-19H2,(H2,30,32,33). The molecular formula is C29H34N8O3. The molecule has 0 spiro atoms. The number of aromatic nitrogens is 4. The van der Waals surface area contributed by atoms with Gasteiger partial charge in [-0.05, 0) is 55.9 Å². The van der Waals surface area contributed by atoms with Gasteiger partial charge in [-0.3, -0.25) is 9.69 Å². The lowest BCUT2D eigenvalue weighted by Crippen LogP contribution is -2.53. The lowest BCUT2D eigenvalue weighted by atomic mass is 10.1. The highest BCUT2D eigenvalue weighted by Crippen LogP contribution is 2.34. The van der Waals surface area contributed by atoms with Crippen molar-refractivity contribution in [2.75, 3.05) is 64.8 Å². The number of carbonyl (C=O) groups excluding carboxylic acids is 1. The molecular weight excluding hydrogens is 508 g/mol. The van der Waals surface area contributed by atoms with Gasteiger partial charge in [0.1, 0.15) is 29.3 Å². The number of benzene rings is 2. The molecule has 2 aliphatic rings. The highest BCUT2D eigenvalue weighted by Gasteiger charge is 2.34. The molecule has 0 unspecified atom stereocenters. The number of fused-ring (bicyclic) bond motifs is 1. The minimum atomic E-state index is 0.0245. The number of carbonyl (C=O) groups is 1. The van der Waals surface area contributed by atoms with E-state index in [1.807, 2.05) is 64.2 Å². The lowest BCUT2D eigenvalue weighted by Gasteiger charge is -2.39. The molecule has 3 N–H and O–H groups in total. The first-order chi connectivity index (χ1) is 19.7. The first-order valence-electron chi connectivity index (χ1n) is 13.8. The maximum absolute atomic E-state index is 12.7. The van der Waals surface area contributed by atoms with E-state index in [4.69, 9.17) is 20.3 Å². The van der Waals surface area contributed by atoms with Crippen molar-refractivity contribution in [1.29, 1.82) is 0 Å². The van der Waals surface area contributed by atoms with Crippen LogP contribution in [0.1, 0.15) is 12.5 Å². The highest BCUT2D eigenvalue weighted by atomic mass is 16.5. The minimum absolute atomic E-state index is 0.0245. The molecule has 2 aliphatic heterocycles. The molecule has 0 atom stereocenters. The van der Waals surface area contributed by atoms with E-state index in [1.54, 1.807) is 0 Å². The van der Waals surface area contributed by atoms with E-state index < -0.39 is 0 Å². The summed E-state index contributed by atoms with van der Waals surface area (Å²) in [4.78, 5) is 25.7. The molecule has 40 heavy (non-hydrogen) atoms. The van der Waals surface area contributed by atoms with Gasteiger partial charge in [0.15, 0.2) is 5.65 Å². The van der Waals surface area contributed by atoms with Crippen molar-refractivity contribution < 1.29 is 14.3 Å². The molecule has 4 heterocycles. The second kappa shape index (κ2) is 12.0. The van der Waals surface area contributed by atoms with Gasteiger partial charge in [-0.25, -0.2) is 14.6 Å². The zero-order valence-electron chi connectivity index (χ0n) is 22.4. The predicted molar refractivity (Wildman–Crippen MR) is 152 cm³/mol. The van der Waals surface area contributed by atoms with Crippen LogP contribution in [-0.4, -0.2) is 94.5 Å². The Kier molecular flexibility index (Phi) is 7.85. The van der Waals surface area contributed by atoms with E-state index in [1.165, 1.54) is 6.33 Å². The Morgan fingerprint density at radius 1 is 1.02 bits per heavy atom. The van der Waals surface area contributed by atoms with Gasteiger partial charge in [-0.2, -0.15) is 5.10 Å². The number of para-hydroxylation sites is 1. The van der Waals surface area contributed by atoms with E-state index in [2.05, 4.69) is 20.2 Å². The number of nitrogens with two attached hydrogens (primary N) is 1. The summed E-state index contributed by atoms with van der Waals surface area (Å²) in [5.74, 6) is 1.98. The Balaban J connectivity index is 1.07. The smallest absolute Gasteiger partial charge is 0.236 e. The van der Waals surface area contributed by atoms with Crippen molar-refractivity contribution in [3.05, 3.63) is 60.9 Å². The summed E-state index contributed by atoms with van der Waals surface area (Å²) < 4.78 is 13.2. The molecule has 0 radical (unpaired) electrons. The van der Waals surface area contributed by atoms with Crippen LogP contribution in [0.3, 0.4) is 0 Å². The number of nitrogen functional groups attached to an aromatic ring is 1. The summed E-state index contributed by atoms with van der Waals surface area (Å²) >= 11 is 0. The molecule has 2 aromatic heterocycles. The molecule has 11 heteroatoms. The number of ether oxygens (including phenoxy) is 2. The number of amides is 1. The molecule has 11 nitrogen and oxygen atoms in total. The van der Waals surface area contributed by atoms with Crippen molar-refractivity contribution in [3.63, 3.8) is 0 Å². The van der Waals surface area contributed by atoms with Crippen molar-refractivity contribution in [1.82, 2.24) is 34.9 Å². The van der Waals surface area contributed by atoms with E-state index in [-0.39, 0.29) is 11.9 Å². The SMILES string of the molecule is Nc1ncnc2c1c(-c1ccc(Oc3ccccc3)cc1)nn2C1CN(C(=O)CNCCCN2CCOCC2)C1. The van der Waals surface area contributed by atoms with Crippen LogP contribution in [0.2, 0.25) is 0 Å². The van der Waals surface area contributed by atoms with Gasteiger partial charge < -0.3 is 25.4 Å². The number of anilines is 1. The van der Waals surface area contributed by atoms with Crippen molar-refractivity contribution in [3.8, 4) is 22.8 Å². The Bertz CT molecular complexity index is 1430. The van der Waals surface area contributed by atoms with Crippen LogP contribution in [0.4, 0.5) is 5.82 Å². The Labute approximate surface area is 232 Å². The Morgan fingerprint density at radius 2 is 1.77 bits per heavy atom. The second-order valence-electron chi connectivity index (χ2n) is 10.1. The molecule has 6 rings (SSSR count). The van der Waals surface area contributed by atoms with Gasteiger partial charge in [-0.1, -0.05) is 18.2 Å². The number of nitrogens with one attached hydrogen (secondary N) is 1. The van der Waals surface area contributed by atoms with Gasteiger partial charge in [0, 0.05) is 31.7 Å². The predicted octanol–water partition coefficient (Wildman–Crippen LogP) is 2.56. The first-order valence-corrected chi connectivity index (χ1v) is 13.8. The van der Waals surface area contributed by atoms with Gasteiger partial charge in [-0.15, -0.1) is 0 Å². The quantitative estimate of drug-likeness (QED) is 0.291. The topological polar surface area (TPSA) is 124 Å². The minimum Gasteiger partial charge on any atom is -0.457 e. The van der Waals surface area contributed by atoms with Crippen molar-refractivity contribution >= 4 is 22.8 Å². The van der Waals surface area contributed by atoms with Gasteiger partial charge in [0.25, 0.3) is 0 Å². The molecule has 2 fully saturated rings. The van der Waals surface area contributed by atoms with Crippen molar-refractivity contribution in [2.45, 2.75) is 12.5 Å². The number of hydrogen-bond acceptors (Lipinski definition) is 9. The fraction of sp³-hybridized carbons (Fsp3) is 0.379. The third-order valence-electron chi connectivity index (χ3n) is 7.39. The number of nitrogens with zero attached hydrogens (tertiary/aromatic N) is 6. The average molecular weight is 543 g/mol. The third kappa shape index (κ3) is 5.76. The second-order valence-corrected chi connectivity index (χ2v) is 10.1. The number of hydrogen-bond donors (Lipinski definition) is 2. The molecule has 1 amide bonds. The van der Waals surface area contributed by atoms with Crippen LogP contribution < -0.4 is 15.8 Å². The van der Waals surface area contributed by atoms with Crippen LogP contribution in [-0.2, 0) is 9.53 Å². The van der Waals surface area contributed by atoms with Crippen LogP contribution >= 0.6 is 0 Å². The van der Waals surface area contributed by atoms with Crippen LogP contribution in [0, 0.1) is 0 Å². The molecule has 2 saturated heterocycles. The summed E-state index contributed by atoms with van der Waals surface area (Å²) in [7, 11) is 0. The lowest BCUT2D eigenvalue weighted by molar-refractivity contribution is -0.136. The van der Waals surface area contributed by atoms with E-state index >= 15 is 0 Å². The largest absolute Gasteiger partial charge is 0.457 e. The van der Waals surface area contributed by atoms with Crippen LogP contribution in [0.25, 0.3) is 22.3 Å². The summed E-state index contributed by atoms with van der Waals surface area (Å²) in [5.41, 5.74) is 8.56. The number of likely N-dealkylation sites (tertiary alicyclic amines) is 1. The fourth-order valence-corrected chi connectivity index (χ4v) is 5.13. The highest BCUT2D eigenvalue weighted by molar-refractivity contribution is 5.98. The van der Waals surface area contributed by atoms with Crippen LogP contribution in [0.5, 0.6) is 11.5 Å². The van der Waals surface area contributed by atoms with Crippen LogP contribution in [0.15, 0.2) is 60.9 Å². The van der Waals surface area contributed by atoms with Gasteiger partial charge in [0.2, 0.25) is 5.91 Å². The Hall–Kier alpha value is -4.06. The first kappa shape index (κ1) is 26.2. The summed E-state index contributed by atoms with van der Waals surface area (Å²) in [6.07, 6.45) is 2.47. The van der Waals surface area contributed by atoms with Crippen molar-refractivity contribution in [2.24, 2.45) is 0 Å². The molecule has 2 aromatic carbocycles. The zero-order chi connectivity index (χ0) is 27.3. The molecule has 208 valence electrons. The number of morpholine rings is 1. The summed E-state index contributed by atoms with van der Waals surface area (Å²) in [6.45, 7) is 6.94. The maximum atomic E-state index is 12.7. The normalized spacial score (nSPS) is 16.2. The monoisotopic (exact) mass is 542 g/mol. The number of rotatable bonds is 10. The van der Waals surface area contributed by atoms with E-state index in [0.717, 1.165) is 62.9 Å². The summed E-state index contributed by atoms with van der Waals surface area (Å²) in [5, 5.41) is 8.91. The fourth-order valence-electron chi connectivity index (χ4n) is 5.13. The molecule has 4 aromatic rings. The average Bonchev–Trinajstić information content (AvgIpc) is 3.34. The van der Waals surface area contributed by atoms with Gasteiger partial charge >= 0.3 is 0 Å². The molecule has 0 aliphatic carbocycles. The van der Waals surface area contributed by atoms with Gasteiger partial charge in [0.05, 0.1) is 31.2 Å². The molecule has 0 saturated carbocycles. The third-order valence-corrected chi connectivity index (χ3v) is 7.39. The Morgan fingerprint density at radius 3 is 2.55 bits per heavy atom. The van der Waals surface area contributed by atoms with E-state index in [0.29, 0.717) is 42.2 Å². The maximum Gasteiger partial charge on any atom is 0.236 e. The summed E-state index contributed by atoms with van der Waals surface area (Å²) in [6, 6.07) is 17.4. The zero-order valence-corrected chi connectivity index (χ0v) is 22.4. The van der Waals surface area contributed by atoms with E-state index in [9.17, 15) is 4.79 Å². The molecule has 0 bridgehead atoms.